The summed E-state index contributed by atoms with van der Waals surface area (Å²) in [5.41, 5.74) is 0.294. The van der Waals surface area contributed by atoms with Gasteiger partial charge in [-0.2, -0.15) is 0 Å². The molecule has 0 aliphatic heterocycles. The van der Waals surface area contributed by atoms with Crippen molar-refractivity contribution >= 4 is 70.2 Å². The van der Waals surface area contributed by atoms with E-state index in [1.807, 2.05) is 0 Å². The van der Waals surface area contributed by atoms with E-state index in [2.05, 4.69) is 54.0 Å². The number of rotatable bonds is 14. The zero-order valence-electron chi connectivity index (χ0n) is 29.2. The smallest absolute Gasteiger partial charge is 1.00 e. The van der Waals surface area contributed by atoms with Crippen LogP contribution in [-0.4, -0.2) is 91.4 Å². The first-order chi connectivity index (χ1) is 21.3. The fourth-order valence-electron chi connectivity index (χ4n) is 1.74. The second-order valence-electron chi connectivity index (χ2n) is 6.94. The van der Waals surface area contributed by atoms with Gasteiger partial charge >= 0.3 is 186 Å². The van der Waals surface area contributed by atoms with Crippen LogP contribution in [0, 0.1) is 0 Å². The number of carbonyl (C=O) groups excluding carboxylic acids is 8. The first kappa shape index (κ1) is 62.8. The summed E-state index contributed by atoms with van der Waals surface area (Å²) in [6, 6.07) is 0. The average molecular weight is 1010 g/mol. The molecule has 48 heavy (non-hydrogen) atoms. The van der Waals surface area contributed by atoms with Gasteiger partial charge in [-0.05, 0) is 15.9 Å². The number of carbonyl (C=O) groups is 9. The molecule has 0 rings (SSSR count). The van der Waals surface area contributed by atoms with Gasteiger partial charge < -0.3 is 49.8 Å². The molecule has 1 N–H and O–H groups in total. The number of esters is 7. The van der Waals surface area contributed by atoms with Crippen molar-refractivity contribution in [2.24, 2.45) is 0 Å². The van der Waals surface area contributed by atoms with E-state index in [4.69, 9.17) is 16.5 Å². The zero-order chi connectivity index (χ0) is 37.1. The van der Waals surface area contributed by atoms with Gasteiger partial charge in [-0.3, -0.25) is 47.5 Å². The van der Waals surface area contributed by atoms with Gasteiger partial charge in [-0.25, -0.2) is 0 Å². The molecule has 272 valence electrons. The molecule has 0 aliphatic carbocycles. The normalized spacial score (nSPS) is 9.56. The van der Waals surface area contributed by atoms with Crippen LogP contribution >= 0.6 is 15.9 Å². The largest absolute Gasteiger partial charge is 1.00 e. The maximum absolute atomic E-state index is 11.2. The third-order valence-electron chi connectivity index (χ3n) is 3.11. The molecule has 0 aromatic rings. The predicted molar refractivity (Wildman–Crippen MR) is 151 cm³/mol. The summed E-state index contributed by atoms with van der Waals surface area (Å²) < 4.78 is 47.0. The molecule has 0 saturated heterocycles. The minimum Gasteiger partial charge on any atom is -1.00 e. The SMILES string of the molecule is C.CC(=O)OC(C)OC(=O)CCC(=O)O.CC(=O)OCBr.CC(=O)OCOC(=O)CCC(=O)OC(C)OC(C)=O.O=CO[O-].[2H]CF.[Cs+].[Cs+].[H-]. The molecule has 19 nitrogen and oxygen atoms in total. The summed E-state index contributed by atoms with van der Waals surface area (Å²) in [6.07, 6.45) is -2.99. The van der Waals surface area contributed by atoms with E-state index < -0.39 is 68.3 Å². The van der Waals surface area contributed by atoms with E-state index in [1.165, 1.54) is 41.5 Å². The first-order valence-electron chi connectivity index (χ1n) is 12.5. The Labute approximate surface area is 406 Å². The fraction of sp³-hybridized carbons (Fsp3) is 0.640. The summed E-state index contributed by atoms with van der Waals surface area (Å²) in [5.74, 6) is -5.20. The second kappa shape index (κ2) is 48.8. The van der Waals surface area contributed by atoms with E-state index in [9.17, 15) is 42.7 Å². The number of carboxylic acid groups (broad SMARTS) is 1. The van der Waals surface area contributed by atoms with Crippen molar-refractivity contribution in [1.82, 2.24) is 0 Å². The molecule has 0 fully saturated rings. The van der Waals surface area contributed by atoms with Crippen LogP contribution in [0.15, 0.2) is 0 Å². The second-order valence-corrected chi connectivity index (χ2v) is 7.39. The Morgan fingerprint density at radius 2 is 1.08 bits per heavy atom. The van der Waals surface area contributed by atoms with Gasteiger partial charge in [0, 0.05) is 41.5 Å². The van der Waals surface area contributed by atoms with Crippen molar-refractivity contribution in [3.05, 3.63) is 0 Å². The molecule has 0 aromatic carbocycles. The van der Waals surface area contributed by atoms with E-state index in [0.29, 0.717) is 5.52 Å². The Balaban J connectivity index is -0.0000000681. The monoisotopic (exact) mass is 1010 g/mol. The van der Waals surface area contributed by atoms with Crippen LogP contribution in [0.25, 0.3) is 0 Å². The van der Waals surface area contributed by atoms with Gasteiger partial charge in [0.1, 0.15) is 5.52 Å². The minimum atomic E-state index is -1.08. The van der Waals surface area contributed by atoms with E-state index in [-0.39, 0.29) is 185 Å². The number of hydrogen-bond donors (Lipinski definition) is 1. The summed E-state index contributed by atoms with van der Waals surface area (Å²) >= 11 is 2.91. The summed E-state index contributed by atoms with van der Waals surface area (Å²) in [6.45, 7) is 6.96. The Bertz CT molecular complexity index is 936. The molecule has 2 atom stereocenters. The number of halogens is 2. The van der Waals surface area contributed by atoms with Gasteiger partial charge in [0.2, 0.25) is 19.4 Å². The third-order valence-corrected chi connectivity index (χ3v) is 3.34. The molecule has 2 unspecified atom stereocenters. The van der Waals surface area contributed by atoms with Crippen LogP contribution < -0.4 is 143 Å². The summed E-state index contributed by atoms with van der Waals surface area (Å²) in [7, 11) is -1.00. The van der Waals surface area contributed by atoms with Crippen LogP contribution in [0.5, 0.6) is 0 Å². The van der Waals surface area contributed by atoms with Crippen LogP contribution in [0.3, 0.4) is 0 Å². The van der Waals surface area contributed by atoms with Crippen LogP contribution in [0.1, 0.15) is 77.4 Å². The number of alkyl halides is 2. The van der Waals surface area contributed by atoms with E-state index in [1.54, 1.807) is 0 Å². The summed E-state index contributed by atoms with van der Waals surface area (Å²) in [5, 5.41) is 16.7. The van der Waals surface area contributed by atoms with Gasteiger partial charge in [0.25, 0.3) is 6.47 Å². The molecule has 0 aliphatic rings. The molecule has 0 aromatic heterocycles. The molecule has 0 bridgehead atoms. The molecular formula is C25H42BrCs2FO19. The Hall–Kier alpha value is -0.296. The van der Waals surface area contributed by atoms with Gasteiger partial charge in [-0.15, -0.1) is 0 Å². The van der Waals surface area contributed by atoms with Crippen molar-refractivity contribution in [3.63, 3.8) is 0 Å². The number of carboxylic acids is 1. The van der Waals surface area contributed by atoms with E-state index in [0.717, 1.165) is 0 Å². The average Bonchev–Trinajstić information content (AvgIpc) is 2.91. The molecule has 0 saturated carbocycles. The van der Waals surface area contributed by atoms with Crippen LogP contribution in [-0.2, 0) is 81.2 Å². The van der Waals surface area contributed by atoms with Crippen LogP contribution in [0.4, 0.5) is 4.39 Å². The third kappa shape index (κ3) is 71.6. The molecule has 23 heteroatoms. The maximum atomic E-state index is 11.2. The Kier molecular flexibility index (Phi) is 63.9. The van der Waals surface area contributed by atoms with Gasteiger partial charge in [0.15, 0.2) is 0 Å². The molecule has 0 radical (unpaired) electrons. The molecule has 0 heterocycles. The van der Waals surface area contributed by atoms with Crippen molar-refractivity contribution in [2.75, 3.05) is 19.5 Å². The topological polar surface area (TPSA) is 271 Å². The first-order valence-corrected chi connectivity index (χ1v) is 13.0. The predicted octanol–water partition coefficient (Wildman–Crippen LogP) is -4.73. The van der Waals surface area contributed by atoms with Gasteiger partial charge in [0.05, 0.1) is 34.2 Å². The van der Waals surface area contributed by atoms with Crippen molar-refractivity contribution in [3.8, 4) is 0 Å². The number of aliphatic carboxylic acids is 1. The zero-order valence-corrected chi connectivity index (χ0v) is 41.4. The van der Waals surface area contributed by atoms with Crippen molar-refractivity contribution in [1.29, 1.82) is 0 Å². The fourth-order valence-corrected chi connectivity index (χ4v) is 2.07. The molecule has 0 spiro atoms. The molecular weight excluding hydrogens is 969 g/mol. The van der Waals surface area contributed by atoms with Crippen molar-refractivity contribution in [2.45, 2.75) is 87.2 Å². The quantitative estimate of drug-likeness (QED) is 0.0326. The standard InChI is InChI=1S/C11H16O8.C8H12O6.C3H5BrO2.CH3F.CH2O3.CH4.2Cs.H/c1-7(12)16-6-17-10(14)4-5-11(15)19-9(3)18-8(2)13;1-5(9)13-6(2)14-8(12)4-3-7(10)11;1-3(5)6-2-4;1-2;2-1-4-3;;;;/h9H,4-6H2,1-3H3;6H,3-4H2,1-2H3,(H,10,11);2H2,1H3;1H3;1,3H;1H4;;;/q;;;;;;2*+1;-1/p-1/i;;;1D;;;;;. The van der Waals surface area contributed by atoms with Gasteiger partial charge in [-0.1, -0.05) is 7.43 Å². The summed E-state index contributed by atoms with van der Waals surface area (Å²) in [4.78, 5) is 95.6. The Morgan fingerprint density at radius 3 is 1.33 bits per heavy atom. The maximum Gasteiger partial charge on any atom is 1.00 e. The molecule has 0 amide bonds. The van der Waals surface area contributed by atoms with E-state index >= 15 is 0 Å². The number of hydrogen-bond acceptors (Lipinski definition) is 18. The van der Waals surface area contributed by atoms with Crippen LogP contribution in [0.2, 0.25) is 0 Å². The van der Waals surface area contributed by atoms with Crippen molar-refractivity contribution < 1.29 is 237 Å². The Morgan fingerprint density at radius 1 is 0.750 bits per heavy atom. The number of ether oxygens (including phenoxy) is 7. The minimum absolute atomic E-state index is 0.